The van der Waals surface area contributed by atoms with E-state index < -0.39 is 0 Å². The van der Waals surface area contributed by atoms with Gasteiger partial charge >= 0.3 is 0 Å². The molecule has 1 aromatic rings. The SMILES string of the molecule is CCNC(=NCC(CO)c1ccccc1)NCCN1CCCC(C)C1.I. The van der Waals surface area contributed by atoms with E-state index >= 15 is 0 Å². The van der Waals surface area contributed by atoms with Crippen LogP contribution >= 0.6 is 24.0 Å². The molecule has 0 aromatic heterocycles. The minimum absolute atomic E-state index is 0. The Hall–Kier alpha value is -0.860. The molecule has 3 N–H and O–H groups in total. The summed E-state index contributed by atoms with van der Waals surface area (Å²) in [4.78, 5) is 7.21. The number of aliphatic imine (C=N–C) groups is 1. The number of nitrogens with zero attached hydrogens (tertiary/aromatic N) is 2. The van der Waals surface area contributed by atoms with E-state index in [-0.39, 0.29) is 36.5 Å². The van der Waals surface area contributed by atoms with Gasteiger partial charge in [0.25, 0.3) is 0 Å². The molecule has 148 valence electrons. The van der Waals surface area contributed by atoms with Gasteiger partial charge in [-0.3, -0.25) is 4.99 Å². The summed E-state index contributed by atoms with van der Waals surface area (Å²) in [7, 11) is 0. The van der Waals surface area contributed by atoms with Gasteiger partial charge in [0.05, 0.1) is 13.2 Å². The molecular weight excluding hydrogens is 439 g/mol. The van der Waals surface area contributed by atoms with Crippen molar-refractivity contribution in [3.8, 4) is 0 Å². The number of nitrogens with one attached hydrogen (secondary N) is 2. The Morgan fingerprint density at radius 1 is 1.31 bits per heavy atom. The van der Waals surface area contributed by atoms with Gasteiger partial charge in [0.2, 0.25) is 0 Å². The first-order valence-electron chi connectivity index (χ1n) is 9.63. The van der Waals surface area contributed by atoms with Gasteiger partial charge in [-0.05, 0) is 37.8 Å². The van der Waals surface area contributed by atoms with Crippen molar-refractivity contribution in [2.75, 3.05) is 45.9 Å². The number of hydrogen-bond donors (Lipinski definition) is 3. The lowest BCUT2D eigenvalue weighted by Crippen LogP contribution is -2.44. The van der Waals surface area contributed by atoms with E-state index in [0.717, 1.165) is 37.1 Å². The first kappa shape index (κ1) is 23.2. The van der Waals surface area contributed by atoms with Crippen molar-refractivity contribution < 1.29 is 5.11 Å². The number of piperidine rings is 1. The van der Waals surface area contributed by atoms with Gasteiger partial charge in [-0.2, -0.15) is 0 Å². The topological polar surface area (TPSA) is 59.9 Å². The van der Waals surface area contributed by atoms with Crippen molar-refractivity contribution in [3.05, 3.63) is 35.9 Å². The molecule has 2 unspecified atom stereocenters. The number of halogens is 1. The number of likely N-dealkylation sites (tertiary alicyclic amines) is 1. The van der Waals surface area contributed by atoms with E-state index in [1.807, 2.05) is 30.3 Å². The molecular formula is C20H35IN4O. The van der Waals surface area contributed by atoms with Crippen LogP contribution in [-0.4, -0.2) is 61.8 Å². The van der Waals surface area contributed by atoms with Crippen molar-refractivity contribution in [3.63, 3.8) is 0 Å². The van der Waals surface area contributed by atoms with E-state index in [2.05, 4.69) is 34.4 Å². The number of guanidine groups is 1. The molecule has 2 atom stereocenters. The predicted molar refractivity (Wildman–Crippen MR) is 121 cm³/mol. The summed E-state index contributed by atoms with van der Waals surface area (Å²) in [6.07, 6.45) is 2.67. The van der Waals surface area contributed by atoms with E-state index in [1.54, 1.807) is 0 Å². The summed E-state index contributed by atoms with van der Waals surface area (Å²) in [5.74, 6) is 1.69. The Morgan fingerprint density at radius 3 is 2.73 bits per heavy atom. The first-order valence-corrected chi connectivity index (χ1v) is 9.63. The molecule has 2 rings (SSSR count). The van der Waals surface area contributed by atoms with Crippen LogP contribution in [-0.2, 0) is 0 Å². The van der Waals surface area contributed by atoms with Crippen molar-refractivity contribution in [2.24, 2.45) is 10.9 Å². The van der Waals surface area contributed by atoms with Crippen molar-refractivity contribution >= 4 is 29.9 Å². The zero-order chi connectivity index (χ0) is 17.9. The number of rotatable bonds is 8. The average molecular weight is 474 g/mol. The second-order valence-corrected chi connectivity index (χ2v) is 6.98. The van der Waals surface area contributed by atoms with Crippen molar-refractivity contribution in [1.82, 2.24) is 15.5 Å². The highest BCUT2D eigenvalue weighted by Crippen LogP contribution is 2.15. The van der Waals surface area contributed by atoms with Gasteiger partial charge in [-0.25, -0.2) is 0 Å². The summed E-state index contributed by atoms with van der Waals surface area (Å²) in [6, 6.07) is 10.1. The van der Waals surface area contributed by atoms with Gasteiger partial charge in [0.15, 0.2) is 5.96 Å². The molecule has 0 spiro atoms. The lowest BCUT2D eigenvalue weighted by molar-refractivity contribution is 0.187. The maximum atomic E-state index is 9.68. The average Bonchev–Trinajstić information content (AvgIpc) is 2.63. The van der Waals surface area contributed by atoms with Crippen LogP contribution in [0.1, 0.15) is 38.2 Å². The van der Waals surface area contributed by atoms with Gasteiger partial charge in [-0.1, -0.05) is 37.3 Å². The Labute approximate surface area is 175 Å². The van der Waals surface area contributed by atoms with E-state index in [1.165, 1.54) is 25.9 Å². The molecule has 26 heavy (non-hydrogen) atoms. The smallest absolute Gasteiger partial charge is 0.191 e. The van der Waals surface area contributed by atoms with E-state index in [0.29, 0.717) is 6.54 Å². The lowest BCUT2D eigenvalue weighted by Gasteiger charge is -2.30. The number of hydrogen-bond acceptors (Lipinski definition) is 3. The molecule has 1 aliphatic rings. The quantitative estimate of drug-likeness (QED) is 0.308. The summed E-state index contributed by atoms with van der Waals surface area (Å²) in [5, 5.41) is 16.4. The van der Waals surface area contributed by atoms with Gasteiger partial charge in [0, 0.05) is 32.1 Å². The molecule has 1 aromatic carbocycles. The molecule has 0 bridgehead atoms. The Bertz CT molecular complexity index is 512. The molecule has 0 amide bonds. The number of benzene rings is 1. The van der Waals surface area contributed by atoms with Crippen LogP contribution in [0.5, 0.6) is 0 Å². The largest absolute Gasteiger partial charge is 0.396 e. The lowest BCUT2D eigenvalue weighted by atomic mass is 10.0. The molecule has 5 nitrogen and oxygen atoms in total. The van der Waals surface area contributed by atoms with Gasteiger partial charge in [0.1, 0.15) is 0 Å². The summed E-state index contributed by atoms with van der Waals surface area (Å²) in [6.45, 7) is 10.3. The molecule has 1 aliphatic heterocycles. The van der Waals surface area contributed by atoms with Gasteiger partial charge < -0.3 is 20.6 Å². The highest BCUT2D eigenvalue weighted by atomic mass is 127. The summed E-state index contributed by atoms with van der Waals surface area (Å²) < 4.78 is 0. The zero-order valence-corrected chi connectivity index (χ0v) is 18.5. The van der Waals surface area contributed by atoms with E-state index in [9.17, 15) is 5.11 Å². The molecule has 0 aliphatic carbocycles. The predicted octanol–water partition coefficient (Wildman–Crippen LogP) is 2.67. The summed E-state index contributed by atoms with van der Waals surface area (Å²) in [5.41, 5.74) is 1.13. The normalized spacial score (nSPS) is 19.5. The Morgan fingerprint density at radius 2 is 2.08 bits per heavy atom. The van der Waals surface area contributed by atoms with Gasteiger partial charge in [-0.15, -0.1) is 24.0 Å². The minimum Gasteiger partial charge on any atom is -0.396 e. The minimum atomic E-state index is 0. The fourth-order valence-electron chi connectivity index (χ4n) is 3.36. The first-order chi connectivity index (χ1) is 12.2. The molecule has 6 heteroatoms. The molecule has 0 radical (unpaired) electrons. The van der Waals surface area contributed by atoms with E-state index in [4.69, 9.17) is 0 Å². The third-order valence-electron chi connectivity index (χ3n) is 4.77. The summed E-state index contributed by atoms with van der Waals surface area (Å²) >= 11 is 0. The van der Waals surface area contributed by atoms with Crippen LogP contribution in [0.25, 0.3) is 0 Å². The maximum Gasteiger partial charge on any atom is 0.191 e. The van der Waals surface area contributed by atoms with Crippen molar-refractivity contribution in [2.45, 2.75) is 32.6 Å². The Balaban J connectivity index is 0.00000338. The van der Waals surface area contributed by atoms with Crippen LogP contribution in [0.4, 0.5) is 0 Å². The highest BCUT2D eigenvalue weighted by Gasteiger charge is 2.15. The van der Waals surface area contributed by atoms with Crippen LogP contribution < -0.4 is 10.6 Å². The second kappa shape index (κ2) is 13.3. The molecule has 1 fully saturated rings. The van der Waals surface area contributed by atoms with Crippen LogP contribution in [0.2, 0.25) is 0 Å². The third-order valence-corrected chi connectivity index (χ3v) is 4.77. The molecule has 1 heterocycles. The van der Waals surface area contributed by atoms with Crippen LogP contribution in [0.3, 0.4) is 0 Å². The molecule has 0 saturated carbocycles. The second-order valence-electron chi connectivity index (χ2n) is 6.98. The third kappa shape index (κ3) is 8.22. The fourth-order valence-corrected chi connectivity index (χ4v) is 3.36. The maximum absolute atomic E-state index is 9.68. The fraction of sp³-hybridized carbons (Fsp3) is 0.650. The Kier molecular flexibility index (Phi) is 11.9. The zero-order valence-electron chi connectivity index (χ0n) is 16.2. The number of aliphatic hydroxyl groups is 1. The standard InChI is InChI=1S/C20H34N4O.HI/c1-3-21-20(22-11-13-24-12-7-8-17(2)15-24)23-14-19(16-25)18-9-5-4-6-10-18;/h4-6,9-10,17,19,25H,3,7-8,11-16H2,1-2H3,(H2,21,22,23);1H. The molecule has 1 saturated heterocycles. The van der Waals surface area contributed by atoms with Crippen molar-refractivity contribution in [1.29, 1.82) is 0 Å². The highest BCUT2D eigenvalue weighted by molar-refractivity contribution is 14.0. The number of aliphatic hydroxyl groups excluding tert-OH is 1. The van der Waals surface area contributed by atoms with Crippen LogP contribution in [0, 0.1) is 5.92 Å². The van der Waals surface area contributed by atoms with Crippen LogP contribution in [0.15, 0.2) is 35.3 Å². The monoisotopic (exact) mass is 474 g/mol.